The first kappa shape index (κ1) is 15.8. The molecule has 1 aromatic rings. The first-order chi connectivity index (χ1) is 9.21. The Morgan fingerprint density at radius 1 is 1.20 bits per heavy atom. The summed E-state index contributed by atoms with van der Waals surface area (Å²) in [7, 11) is 0. The van der Waals surface area contributed by atoms with E-state index in [1.165, 1.54) is 0 Å². The van der Waals surface area contributed by atoms with Gasteiger partial charge in [0, 0.05) is 31.2 Å². The number of benzene rings is 1. The molecular formula is C16H25ClN2O. The number of morpholine rings is 1. The van der Waals surface area contributed by atoms with E-state index in [4.69, 9.17) is 22.1 Å². The molecule has 1 saturated heterocycles. The van der Waals surface area contributed by atoms with E-state index < -0.39 is 0 Å². The molecule has 20 heavy (non-hydrogen) atoms. The van der Waals surface area contributed by atoms with Crippen molar-refractivity contribution in [3.63, 3.8) is 0 Å². The molecule has 0 radical (unpaired) electrons. The summed E-state index contributed by atoms with van der Waals surface area (Å²) in [4.78, 5) is 2.41. The van der Waals surface area contributed by atoms with Crippen LogP contribution in [0.1, 0.15) is 38.8 Å². The molecule has 3 nitrogen and oxygen atoms in total. The van der Waals surface area contributed by atoms with Crippen LogP contribution in [-0.2, 0) is 17.8 Å². The van der Waals surface area contributed by atoms with Gasteiger partial charge >= 0.3 is 0 Å². The van der Waals surface area contributed by atoms with Gasteiger partial charge in [-0.3, -0.25) is 4.90 Å². The van der Waals surface area contributed by atoms with Crippen molar-refractivity contribution >= 4 is 11.6 Å². The van der Waals surface area contributed by atoms with Crippen LogP contribution in [0.5, 0.6) is 0 Å². The molecule has 1 heterocycles. The molecule has 0 spiro atoms. The SMILES string of the molecule is CC1(C)CN(Cc2ccc(CN)cc2Cl)CC(C)(C)O1. The third-order valence-corrected chi connectivity index (χ3v) is 3.86. The van der Waals surface area contributed by atoms with Crippen molar-refractivity contribution < 1.29 is 4.74 Å². The molecule has 1 aliphatic heterocycles. The Morgan fingerprint density at radius 3 is 2.30 bits per heavy atom. The topological polar surface area (TPSA) is 38.5 Å². The van der Waals surface area contributed by atoms with Gasteiger partial charge in [0.2, 0.25) is 0 Å². The van der Waals surface area contributed by atoms with E-state index in [9.17, 15) is 0 Å². The number of hydrogen-bond acceptors (Lipinski definition) is 3. The van der Waals surface area contributed by atoms with Crippen molar-refractivity contribution in [1.29, 1.82) is 0 Å². The predicted molar refractivity (Wildman–Crippen MR) is 83.9 cm³/mol. The second-order valence-electron chi connectivity index (χ2n) is 6.90. The Labute approximate surface area is 127 Å². The maximum absolute atomic E-state index is 6.36. The average Bonchev–Trinajstić information content (AvgIpc) is 2.27. The molecule has 2 N–H and O–H groups in total. The van der Waals surface area contributed by atoms with Crippen molar-refractivity contribution in [3.05, 3.63) is 34.3 Å². The lowest BCUT2D eigenvalue weighted by Crippen LogP contribution is -2.56. The fourth-order valence-electron chi connectivity index (χ4n) is 3.14. The normalized spacial score (nSPS) is 21.9. The summed E-state index contributed by atoms with van der Waals surface area (Å²) in [5.41, 5.74) is 7.59. The Morgan fingerprint density at radius 2 is 1.80 bits per heavy atom. The number of hydrogen-bond donors (Lipinski definition) is 1. The molecule has 1 aromatic carbocycles. The van der Waals surface area contributed by atoms with Crippen LogP contribution < -0.4 is 5.73 Å². The monoisotopic (exact) mass is 296 g/mol. The van der Waals surface area contributed by atoms with E-state index in [1.807, 2.05) is 6.07 Å². The average molecular weight is 297 g/mol. The molecular weight excluding hydrogens is 272 g/mol. The van der Waals surface area contributed by atoms with Crippen LogP contribution >= 0.6 is 11.6 Å². The maximum atomic E-state index is 6.36. The van der Waals surface area contributed by atoms with Gasteiger partial charge in [-0.25, -0.2) is 0 Å². The molecule has 0 atom stereocenters. The zero-order valence-electron chi connectivity index (χ0n) is 12.9. The fraction of sp³-hybridized carbons (Fsp3) is 0.625. The molecule has 0 saturated carbocycles. The van der Waals surface area contributed by atoms with Gasteiger partial charge in [0.15, 0.2) is 0 Å². The van der Waals surface area contributed by atoms with Crippen molar-refractivity contribution in [2.45, 2.75) is 52.0 Å². The van der Waals surface area contributed by atoms with Gasteiger partial charge in [-0.15, -0.1) is 0 Å². The predicted octanol–water partition coefficient (Wildman–Crippen LogP) is 3.19. The van der Waals surface area contributed by atoms with Crippen LogP contribution in [0, 0.1) is 0 Å². The highest BCUT2D eigenvalue weighted by molar-refractivity contribution is 6.31. The van der Waals surface area contributed by atoms with Crippen molar-refractivity contribution in [3.8, 4) is 0 Å². The highest BCUT2D eigenvalue weighted by Gasteiger charge is 2.38. The third kappa shape index (κ3) is 3.95. The summed E-state index contributed by atoms with van der Waals surface area (Å²) in [6, 6.07) is 6.10. The summed E-state index contributed by atoms with van der Waals surface area (Å²) in [5.74, 6) is 0. The van der Waals surface area contributed by atoms with Gasteiger partial charge in [0.1, 0.15) is 0 Å². The third-order valence-electron chi connectivity index (χ3n) is 3.51. The lowest BCUT2D eigenvalue weighted by molar-refractivity contribution is -0.182. The molecule has 1 fully saturated rings. The molecule has 0 unspecified atom stereocenters. The van der Waals surface area contributed by atoms with Crippen LogP contribution in [0.25, 0.3) is 0 Å². The second kappa shape index (κ2) is 5.64. The minimum Gasteiger partial charge on any atom is -0.367 e. The highest BCUT2D eigenvalue weighted by atomic mass is 35.5. The minimum atomic E-state index is -0.134. The van der Waals surface area contributed by atoms with Gasteiger partial charge in [-0.05, 0) is 44.9 Å². The Bertz CT molecular complexity index is 469. The van der Waals surface area contributed by atoms with Crippen molar-refractivity contribution in [1.82, 2.24) is 4.90 Å². The standard InChI is InChI=1S/C16H25ClN2O/c1-15(2)10-19(11-16(3,4)20-15)9-13-6-5-12(8-18)7-14(13)17/h5-7H,8-11,18H2,1-4H3. The fourth-order valence-corrected chi connectivity index (χ4v) is 3.41. The number of ether oxygens (including phenoxy) is 1. The number of nitrogens with zero attached hydrogens (tertiary/aromatic N) is 1. The van der Waals surface area contributed by atoms with Crippen molar-refractivity contribution in [2.75, 3.05) is 13.1 Å². The van der Waals surface area contributed by atoms with E-state index in [2.05, 4.69) is 44.7 Å². The Kier molecular flexibility index (Phi) is 4.45. The summed E-state index contributed by atoms with van der Waals surface area (Å²) in [6.07, 6.45) is 0. The Balaban J connectivity index is 2.13. The van der Waals surface area contributed by atoms with Crippen LogP contribution in [-0.4, -0.2) is 29.2 Å². The lowest BCUT2D eigenvalue weighted by Gasteiger charge is -2.47. The van der Waals surface area contributed by atoms with E-state index in [1.54, 1.807) is 0 Å². The summed E-state index contributed by atoms with van der Waals surface area (Å²) >= 11 is 6.36. The number of rotatable bonds is 3. The quantitative estimate of drug-likeness (QED) is 0.931. The lowest BCUT2D eigenvalue weighted by atomic mass is 9.98. The van der Waals surface area contributed by atoms with Crippen LogP contribution in [0.3, 0.4) is 0 Å². The molecule has 2 rings (SSSR count). The van der Waals surface area contributed by atoms with Crippen LogP contribution in [0.15, 0.2) is 18.2 Å². The van der Waals surface area contributed by atoms with Crippen LogP contribution in [0.4, 0.5) is 0 Å². The largest absolute Gasteiger partial charge is 0.367 e. The Hall–Kier alpha value is -0.610. The zero-order chi connectivity index (χ0) is 15.0. The van der Waals surface area contributed by atoms with E-state index in [-0.39, 0.29) is 11.2 Å². The zero-order valence-corrected chi connectivity index (χ0v) is 13.6. The molecule has 1 aliphatic rings. The molecule has 0 bridgehead atoms. The minimum absolute atomic E-state index is 0.134. The molecule has 0 aromatic heterocycles. The number of nitrogens with two attached hydrogens (primary N) is 1. The van der Waals surface area contributed by atoms with Gasteiger partial charge < -0.3 is 10.5 Å². The molecule has 112 valence electrons. The van der Waals surface area contributed by atoms with Gasteiger partial charge in [0.05, 0.1) is 11.2 Å². The maximum Gasteiger partial charge on any atom is 0.0760 e. The summed E-state index contributed by atoms with van der Waals surface area (Å²) < 4.78 is 6.10. The summed E-state index contributed by atoms with van der Waals surface area (Å²) in [5, 5.41) is 0.801. The first-order valence-electron chi connectivity index (χ1n) is 7.11. The van der Waals surface area contributed by atoms with Gasteiger partial charge in [0.25, 0.3) is 0 Å². The van der Waals surface area contributed by atoms with Gasteiger partial charge in [-0.1, -0.05) is 23.7 Å². The highest BCUT2D eigenvalue weighted by Crippen LogP contribution is 2.30. The van der Waals surface area contributed by atoms with E-state index in [0.29, 0.717) is 6.54 Å². The molecule has 4 heteroatoms. The van der Waals surface area contributed by atoms with E-state index in [0.717, 1.165) is 35.8 Å². The van der Waals surface area contributed by atoms with Crippen molar-refractivity contribution in [2.24, 2.45) is 5.73 Å². The van der Waals surface area contributed by atoms with Crippen LogP contribution in [0.2, 0.25) is 5.02 Å². The van der Waals surface area contributed by atoms with Gasteiger partial charge in [-0.2, -0.15) is 0 Å². The number of halogens is 1. The molecule has 0 aliphatic carbocycles. The van der Waals surface area contributed by atoms with E-state index >= 15 is 0 Å². The molecule has 0 amide bonds. The second-order valence-corrected chi connectivity index (χ2v) is 7.30. The smallest absolute Gasteiger partial charge is 0.0760 e. The summed E-state index contributed by atoms with van der Waals surface area (Å²) in [6.45, 7) is 11.7. The first-order valence-corrected chi connectivity index (χ1v) is 7.48.